The van der Waals surface area contributed by atoms with Crippen LogP contribution in [-0.4, -0.2) is 29.6 Å². The number of ether oxygens (including phenoxy) is 2. The molecule has 4 heteroatoms. The third-order valence-electron chi connectivity index (χ3n) is 1.80. The molecule has 0 aromatic rings. The summed E-state index contributed by atoms with van der Waals surface area (Å²) in [5, 5.41) is 8.61. The molecular formula is C9H14O4. The fourth-order valence-electron chi connectivity index (χ4n) is 1.15. The minimum absolute atomic E-state index is 0.244. The highest BCUT2D eigenvalue weighted by atomic mass is 16.7. The normalized spacial score (nSPS) is 27.6. The molecular weight excluding hydrogens is 172 g/mol. The van der Waals surface area contributed by atoms with Crippen molar-refractivity contribution in [2.24, 2.45) is 0 Å². The predicted molar refractivity (Wildman–Crippen MR) is 46.3 cm³/mol. The van der Waals surface area contributed by atoms with Crippen LogP contribution in [0.4, 0.5) is 0 Å². The lowest BCUT2D eigenvalue weighted by molar-refractivity contribution is -0.135. The predicted octanol–water partition coefficient (Wildman–Crippen LogP) is 1.17. The Hall–Kier alpha value is -0.870. The number of hydrogen-bond acceptors (Lipinski definition) is 3. The van der Waals surface area contributed by atoms with Crippen LogP contribution < -0.4 is 0 Å². The highest BCUT2D eigenvalue weighted by Gasteiger charge is 2.31. The van der Waals surface area contributed by atoms with Crippen LogP contribution in [0.25, 0.3) is 0 Å². The maximum Gasteiger partial charge on any atom is 0.331 e. The molecule has 0 spiro atoms. The maximum absolute atomic E-state index is 10.5. The van der Waals surface area contributed by atoms with E-state index in [9.17, 15) is 4.79 Å². The summed E-state index contributed by atoms with van der Waals surface area (Å²) in [6.45, 7) is 5.56. The zero-order valence-corrected chi connectivity index (χ0v) is 8.03. The van der Waals surface area contributed by atoms with Gasteiger partial charge in [-0.25, -0.2) is 4.79 Å². The molecule has 0 radical (unpaired) electrons. The van der Waals surface area contributed by atoms with Gasteiger partial charge in [0.2, 0.25) is 0 Å². The van der Waals surface area contributed by atoms with Crippen molar-refractivity contribution >= 4 is 5.97 Å². The molecule has 1 atom stereocenters. The fourth-order valence-corrected chi connectivity index (χ4v) is 1.15. The molecule has 0 amide bonds. The van der Waals surface area contributed by atoms with Crippen molar-refractivity contribution < 1.29 is 19.4 Å². The third kappa shape index (κ3) is 2.82. The molecule has 0 bridgehead atoms. The third-order valence-corrected chi connectivity index (χ3v) is 1.80. The lowest BCUT2D eigenvalue weighted by Gasteiger charge is -2.15. The molecule has 13 heavy (non-hydrogen) atoms. The van der Waals surface area contributed by atoms with E-state index in [-0.39, 0.29) is 11.7 Å². The van der Waals surface area contributed by atoms with E-state index in [4.69, 9.17) is 14.6 Å². The van der Waals surface area contributed by atoms with Gasteiger partial charge in [-0.2, -0.15) is 0 Å². The van der Waals surface area contributed by atoms with Gasteiger partial charge >= 0.3 is 5.97 Å². The van der Waals surface area contributed by atoms with Crippen LogP contribution in [0, 0.1) is 0 Å². The lowest BCUT2D eigenvalue weighted by Crippen LogP contribution is -2.21. The standard InChI is InChI=1S/C9H14O4/c1-6(8(10)11)4-7-5-12-9(2,3)13-7/h4,7H,5H2,1-3H3,(H,10,11). The summed E-state index contributed by atoms with van der Waals surface area (Å²) < 4.78 is 10.7. The van der Waals surface area contributed by atoms with Gasteiger partial charge in [-0.05, 0) is 26.8 Å². The van der Waals surface area contributed by atoms with Crippen LogP contribution in [0.5, 0.6) is 0 Å². The molecule has 74 valence electrons. The van der Waals surface area contributed by atoms with Gasteiger partial charge in [0.15, 0.2) is 5.79 Å². The quantitative estimate of drug-likeness (QED) is 0.658. The van der Waals surface area contributed by atoms with Gasteiger partial charge in [0.1, 0.15) is 6.10 Å². The Balaban J connectivity index is 2.58. The largest absolute Gasteiger partial charge is 0.478 e. The average Bonchev–Trinajstić information content (AvgIpc) is 2.30. The van der Waals surface area contributed by atoms with Crippen molar-refractivity contribution in [3.05, 3.63) is 11.6 Å². The maximum atomic E-state index is 10.5. The van der Waals surface area contributed by atoms with Crippen molar-refractivity contribution in [3.8, 4) is 0 Å². The van der Waals surface area contributed by atoms with E-state index in [1.54, 1.807) is 19.9 Å². The zero-order valence-electron chi connectivity index (χ0n) is 8.03. The first-order valence-corrected chi connectivity index (χ1v) is 4.14. The molecule has 1 heterocycles. The SMILES string of the molecule is CC(=CC1COC(C)(C)O1)C(=O)O. The minimum Gasteiger partial charge on any atom is -0.478 e. The summed E-state index contributed by atoms with van der Waals surface area (Å²) in [5.41, 5.74) is 0.284. The molecule has 0 aromatic heterocycles. The molecule has 1 aliphatic rings. The first kappa shape index (κ1) is 10.2. The summed E-state index contributed by atoms with van der Waals surface area (Å²) in [7, 11) is 0. The summed E-state index contributed by atoms with van der Waals surface area (Å²) in [6.07, 6.45) is 1.32. The second kappa shape index (κ2) is 3.47. The molecule has 1 fully saturated rings. The van der Waals surface area contributed by atoms with Crippen molar-refractivity contribution in [1.29, 1.82) is 0 Å². The van der Waals surface area contributed by atoms with Crippen LogP contribution in [-0.2, 0) is 14.3 Å². The smallest absolute Gasteiger partial charge is 0.331 e. The first-order chi connectivity index (χ1) is 5.91. The van der Waals surface area contributed by atoms with E-state index in [2.05, 4.69) is 0 Å². The minimum atomic E-state index is -0.923. The van der Waals surface area contributed by atoms with Gasteiger partial charge < -0.3 is 14.6 Å². The molecule has 1 saturated heterocycles. The van der Waals surface area contributed by atoms with Gasteiger partial charge in [-0.1, -0.05) is 0 Å². The molecule has 1 unspecified atom stereocenters. The van der Waals surface area contributed by atoms with E-state index in [0.717, 1.165) is 0 Å². The molecule has 1 rings (SSSR count). The Morgan fingerprint density at radius 2 is 2.23 bits per heavy atom. The topological polar surface area (TPSA) is 55.8 Å². The zero-order chi connectivity index (χ0) is 10.1. The van der Waals surface area contributed by atoms with Gasteiger partial charge in [-0.3, -0.25) is 0 Å². The van der Waals surface area contributed by atoms with E-state index in [1.807, 2.05) is 0 Å². The number of carboxylic acid groups (broad SMARTS) is 1. The van der Waals surface area contributed by atoms with E-state index < -0.39 is 11.8 Å². The second-order valence-corrected chi connectivity index (χ2v) is 3.52. The second-order valence-electron chi connectivity index (χ2n) is 3.52. The van der Waals surface area contributed by atoms with Crippen LogP contribution in [0.2, 0.25) is 0 Å². The van der Waals surface area contributed by atoms with Gasteiger partial charge in [-0.15, -0.1) is 0 Å². The van der Waals surface area contributed by atoms with Gasteiger partial charge in [0.05, 0.1) is 6.61 Å². The first-order valence-electron chi connectivity index (χ1n) is 4.14. The van der Waals surface area contributed by atoms with Crippen molar-refractivity contribution in [3.63, 3.8) is 0 Å². The molecule has 4 nitrogen and oxygen atoms in total. The molecule has 0 aromatic carbocycles. The highest BCUT2D eigenvalue weighted by molar-refractivity contribution is 5.85. The molecule has 0 aliphatic carbocycles. The fraction of sp³-hybridized carbons (Fsp3) is 0.667. The van der Waals surface area contributed by atoms with Crippen molar-refractivity contribution in [2.75, 3.05) is 6.61 Å². The van der Waals surface area contributed by atoms with E-state index in [0.29, 0.717) is 6.61 Å². The van der Waals surface area contributed by atoms with Gasteiger partial charge in [0.25, 0.3) is 0 Å². The van der Waals surface area contributed by atoms with Crippen LogP contribution in [0.1, 0.15) is 20.8 Å². The van der Waals surface area contributed by atoms with Crippen LogP contribution in [0.3, 0.4) is 0 Å². The Morgan fingerprint density at radius 1 is 1.62 bits per heavy atom. The molecule has 1 aliphatic heterocycles. The summed E-state index contributed by atoms with van der Waals surface area (Å²) >= 11 is 0. The average molecular weight is 186 g/mol. The Bertz CT molecular complexity index is 242. The lowest BCUT2D eigenvalue weighted by atomic mass is 10.2. The number of carbonyl (C=O) groups is 1. The van der Waals surface area contributed by atoms with Crippen LogP contribution >= 0.6 is 0 Å². The summed E-state index contributed by atoms with van der Waals surface area (Å²) in [4.78, 5) is 10.5. The highest BCUT2D eigenvalue weighted by Crippen LogP contribution is 2.23. The van der Waals surface area contributed by atoms with Gasteiger partial charge in [0, 0.05) is 5.57 Å². The summed E-state index contributed by atoms with van der Waals surface area (Å²) in [6, 6.07) is 0. The summed E-state index contributed by atoms with van der Waals surface area (Å²) in [5.74, 6) is -1.52. The van der Waals surface area contributed by atoms with Crippen molar-refractivity contribution in [2.45, 2.75) is 32.7 Å². The van der Waals surface area contributed by atoms with Crippen molar-refractivity contribution in [1.82, 2.24) is 0 Å². The monoisotopic (exact) mass is 186 g/mol. The Morgan fingerprint density at radius 3 is 2.62 bits per heavy atom. The number of rotatable bonds is 2. The van der Waals surface area contributed by atoms with E-state index >= 15 is 0 Å². The number of aliphatic carboxylic acids is 1. The Kier molecular flexibility index (Phi) is 2.73. The molecule has 0 saturated carbocycles. The Labute approximate surface area is 77.1 Å². The number of carboxylic acids is 1. The number of hydrogen-bond donors (Lipinski definition) is 1. The van der Waals surface area contributed by atoms with Crippen LogP contribution in [0.15, 0.2) is 11.6 Å². The molecule has 1 N–H and O–H groups in total. The van der Waals surface area contributed by atoms with E-state index in [1.165, 1.54) is 6.92 Å².